The number of carbonyl (C=O) groups is 2. The molecule has 0 spiro atoms. The zero-order valence-corrected chi connectivity index (χ0v) is 26.1. The Morgan fingerprint density at radius 3 is 2.48 bits per heavy atom. The van der Waals surface area contributed by atoms with E-state index in [1.165, 1.54) is 5.69 Å². The predicted octanol–water partition coefficient (Wildman–Crippen LogP) is 4.26. The van der Waals surface area contributed by atoms with Crippen LogP contribution in [-0.4, -0.2) is 80.7 Å². The Hall–Kier alpha value is -4.11. The third-order valence-corrected chi connectivity index (χ3v) is 9.68. The quantitative estimate of drug-likeness (QED) is 0.402. The molecule has 2 N–H and O–H groups in total. The van der Waals surface area contributed by atoms with Gasteiger partial charge in [-0.3, -0.25) is 9.59 Å². The number of piperidine rings is 1. The summed E-state index contributed by atoms with van der Waals surface area (Å²) in [4.78, 5) is 37.9. The second-order valence-electron chi connectivity index (χ2n) is 12.5. The van der Waals surface area contributed by atoms with Crippen LogP contribution in [0.4, 0.5) is 11.5 Å². The Morgan fingerprint density at radius 1 is 0.955 bits per heavy atom. The molecule has 9 heteroatoms. The third-order valence-electron chi connectivity index (χ3n) is 9.68. The van der Waals surface area contributed by atoms with E-state index in [1.54, 1.807) is 13.3 Å². The van der Waals surface area contributed by atoms with Gasteiger partial charge in [0, 0.05) is 74.4 Å². The molecule has 232 valence electrons. The summed E-state index contributed by atoms with van der Waals surface area (Å²) in [6.07, 6.45) is 5.78. The minimum atomic E-state index is -0.125. The molecule has 3 aromatic rings. The fraction of sp³-hybridized carbons (Fsp3) is 0.457. The summed E-state index contributed by atoms with van der Waals surface area (Å²) in [5, 5.41) is 6.33. The molecule has 3 heterocycles. The van der Waals surface area contributed by atoms with Crippen molar-refractivity contribution < 1.29 is 14.3 Å². The van der Waals surface area contributed by atoms with Crippen LogP contribution in [0.1, 0.15) is 57.5 Å². The van der Waals surface area contributed by atoms with Crippen LogP contribution >= 0.6 is 0 Å². The molecule has 2 amide bonds. The van der Waals surface area contributed by atoms with E-state index in [9.17, 15) is 9.59 Å². The van der Waals surface area contributed by atoms with E-state index in [-0.39, 0.29) is 17.9 Å². The van der Waals surface area contributed by atoms with Crippen molar-refractivity contribution in [3.8, 4) is 5.75 Å². The van der Waals surface area contributed by atoms with Crippen LogP contribution in [0.3, 0.4) is 0 Å². The molecule has 3 atom stereocenters. The number of carbonyl (C=O) groups excluding carboxylic acids is 2. The minimum absolute atomic E-state index is 0.0453. The van der Waals surface area contributed by atoms with Crippen LogP contribution in [0.25, 0.3) is 0 Å². The van der Waals surface area contributed by atoms with Crippen molar-refractivity contribution >= 4 is 23.3 Å². The molecule has 2 aliphatic heterocycles. The average Bonchev–Trinajstić information content (AvgIpc) is 3.47. The Morgan fingerprint density at radius 2 is 1.75 bits per heavy atom. The normalized spacial score (nSPS) is 21.9. The molecule has 44 heavy (non-hydrogen) atoms. The maximum absolute atomic E-state index is 13.1. The Balaban J connectivity index is 1.03. The van der Waals surface area contributed by atoms with Crippen molar-refractivity contribution in [1.29, 1.82) is 0 Å². The van der Waals surface area contributed by atoms with Crippen molar-refractivity contribution in [1.82, 2.24) is 20.5 Å². The smallest absolute Gasteiger partial charge is 0.253 e. The summed E-state index contributed by atoms with van der Waals surface area (Å²) in [6.45, 7) is 7.55. The van der Waals surface area contributed by atoms with E-state index in [1.807, 2.05) is 37.3 Å². The van der Waals surface area contributed by atoms with Crippen LogP contribution in [0, 0.1) is 12.8 Å². The number of methoxy groups -OCH3 is 1. The number of benzene rings is 2. The number of nitrogens with zero attached hydrogens (tertiary/aromatic N) is 4. The zero-order valence-electron chi connectivity index (χ0n) is 26.1. The zero-order chi connectivity index (χ0) is 30.6. The van der Waals surface area contributed by atoms with Gasteiger partial charge in [0.25, 0.3) is 11.8 Å². The molecule has 1 saturated carbocycles. The number of fused-ring (bicyclic) bond motifs is 1. The summed E-state index contributed by atoms with van der Waals surface area (Å²) < 4.78 is 5.41. The highest BCUT2D eigenvalue weighted by Crippen LogP contribution is 2.39. The number of hydrogen-bond acceptors (Lipinski definition) is 7. The summed E-state index contributed by atoms with van der Waals surface area (Å²) in [6, 6.07) is 18.4. The van der Waals surface area contributed by atoms with Crippen LogP contribution in [0.15, 0.2) is 60.8 Å². The molecule has 9 nitrogen and oxygen atoms in total. The van der Waals surface area contributed by atoms with E-state index in [2.05, 4.69) is 56.6 Å². The molecular weight excluding hydrogens is 552 g/mol. The molecule has 2 saturated heterocycles. The first-order chi connectivity index (χ1) is 21.4. The van der Waals surface area contributed by atoms with Crippen molar-refractivity contribution in [3.63, 3.8) is 0 Å². The van der Waals surface area contributed by atoms with Gasteiger partial charge in [0.15, 0.2) is 0 Å². The first-order valence-corrected chi connectivity index (χ1v) is 15.9. The lowest BCUT2D eigenvalue weighted by atomic mass is 9.92. The number of amides is 2. The van der Waals surface area contributed by atoms with Gasteiger partial charge in [-0.25, -0.2) is 4.98 Å². The van der Waals surface area contributed by atoms with Crippen LogP contribution in [0.2, 0.25) is 0 Å². The van der Waals surface area contributed by atoms with Gasteiger partial charge in [0.1, 0.15) is 11.6 Å². The number of anilines is 2. The second-order valence-corrected chi connectivity index (χ2v) is 12.5. The van der Waals surface area contributed by atoms with Crippen molar-refractivity contribution in [2.45, 2.75) is 51.2 Å². The van der Waals surface area contributed by atoms with Crippen molar-refractivity contribution in [2.75, 3.05) is 56.7 Å². The lowest BCUT2D eigenvalue weighted by Crippen LogP contribution is -2.44. The third kappa shape index (κ3) is 6.53. The molecule has 3 unspecified atom stereocenters. The highest BCUT2D eigenvalue weighted by molar-refractivity contribution is 5.96. The first-order valence-electron chi connectivity index (χ1n) is 15.9. The Labute approximate surface area is 260 Å². The monoisotopic (exact) mass is 596 g/mol. The van der Waals surface area contributed by atoms with E-state index < -0.39 is 0 Å². The van der Waals surface area contributed by atoms with Crippen LogP contribution in [-0.2, 0) is 6.54 Å². The standard InChI is InChI=1S/C35H44N6O3/c1-24-30(7-4-8-32(24)44-3)35(43)38-28-20-26-6-5-15-41(31(26)21-28)33-14-11-27(23-36-33)34(42)37-22-25-9-12-29(13-10-25)40-18-16-39(2)17-19-40/h4,7-14,23,26,28,31H,5-6,15-22H2,1-3H3,(H,37,42)(H,38,43). The minimum Gasteiger partial charge on any atom is -0.496 e. The molecule has 0 bridgehead atoms. The fourth-order valence-corrected chi connectivity index (χ4v) is 7.10. The maximum Gasteiger partial charge on any atom is 0.253 e. The van der Waals surface area contributed by atoms with Gasteiger partial charge in [-0.2, -0.15) is 0 Å². The van der Waals surface area contributed by atoms with Crippen molar-refractivity contribution in [3.05, 3.63) is 83.0 Å². The van der Waals surface area contributed by atoms with E-state index in [0.29, 0.717) is 29.6 Å². The van der Waals surface area contributed by atoms with E-state index in [0.717, 1.165) is 81.1 Å². The molecule has 1 aromatic heterocycles. The molecule has 2 aromatic carbocycles. The molecule has 3 fully saturated rings. The number of piperazine rings is 1. The molecule has 1 aliphatic carbocycles. The van der Waals surface area contributed by atoms with Gasteiger partial charge in [-0.05, 0) is 87.5 Å². The highest BCUT2D eigenvalue weighted by atomic mass is 16.5. The molecule has 0 radical (unpaired) electrons. The lowest BCUT2D eigenvalue weighted by molar-refractivity contribution is 0.0932. The predicted molar refractivity (Wildman–Crippen MR) is 174 cm³/mol. The molecule has 6 rings (SSSR count). The van der Waals surface area contributed by atoms with Crippen LogP contribution < -0.4 is 25.2 Å². The van der Waals surface area contributed by atoms with Gasteiger partial charge in [0.2, 0.25) is 0 Å². The first kappa shape index (κ1) is 29.9. The number of likely N-dealkylation sites (N-methyl/N-ethyl adjacent to an activating group) is 1. The van der Waals surface area contributed by atoms with Gasteiger partial charge in [-0.15, -0.1) is 0 Å². The SMILES string of the molecule is COc1cccc(C(=O)NC2CC3CCCN(c4ccc(C(=O)NCc5ccc(N6CCN(C)CC6)cc5)cn4)C3C2)c1C. The molecular formula is C35H44N6O3. The topological polar surface area (TPSA) is 90.0 Å². The van der Waals surface area contributed by atoms with Crippen molar-refractivity contribution in [2.24, 2.45) is 5.92 Å². The number of rotatable bonds is 8. The second kappa shape index (κ2) is 13.3. The van der Waals surface area contributed by atoms with Gasteiger partial charge in [0.05, 0.1) is 12.7 Å². The number of hydrogen-bond donors (Lipinski definition) is 2. The van der Waals surface area contributed by atoms with Gasteiger partial charge < -0.3 is 30.1 Å². The molecule has 3 aliphatic rings. The largest absolute Gasteiger partial charge is 0.496 e. The Bertz CT molecular complexity index is 1450. The number of nitrogens with one attached hydrogen (secondary N) is 2. The average molecular weight is 597 g/mol. The van der Waals surface area contributed by atoms with E-state index in [4.69, 9.17) is 9.72 Å². The lowest BCUT2D eigenvalue weighted by Gasteiger charge is -2.38. The summed E-state index contributed by atoms with van der Waals surface area (Å²) in [5.41, 5.74) is 4.38. The number of aromatic nitrogens is 1. The van der Waals surface area contributed by atoms with Gasteiger partial charge in [-0.1, -0.05) is 18.2 Å². The Kier molecular flexibility index (Phi) is 9.02. The number of pyridine rings is 1. The fourth-order valence-electron chi connectivity index (χ4n) is 7.10. The summed E-state index contributed by atoms with van der Waals surface area (Å²) in [7, 11) is 3.79. The summed E-state index contributed by atoms with van der Waals surface area (Å²) in [5.74, 6) is 1.96. The summed E-state index contributed by atoms with van der Waals surface area (Å²) >= 11 is 0. The highest BCUT2D eigenvalue weighted by Gasteiger charge is 2.41. The van der Waals surface area contributed by atoms with Crippen LogP contribution in [0.5, 0.6) is 5.75 Å². The number of ether oxygens (including phenoxy) is 1. The maximum atomic E-state index is 13.1. The van der Waals surface area contributed by atoms with E-state index >= 15 is 0 Å². The van der Waals surface area contributed by atoms with Gasteiger partial charge >= 0.3 is 0 Å².